The van der Waals surface area contributed by atoms with E-state index in [1.54, 1.807) is 11.3 Å². The van der Waals surface area contributed by atoms with Crippen LogP contribution in [0.4, 0.5) is 0 Å². The van der Waals surface area contributed by atoms with Crippen molar-refractivity contribution < 1.29 is 0 Å². The molecule has 2 aromatic carbocycles. The largest absolute Gasteiger partial charge is 0.271 e. The summed E-state index contributed by atoms with van der Waals surface area (Å²) >= 11 is 1.75. The highest BCUT2D eigenvalue weighted by molar-refractivity contribution is 7.07. The molecule has 0 spiro atoms. The molecule has 0 aliphatic rings. The Morgan fingerprint density at radius 1 is 1.00 bits per heavy atom. The van der Waals surface area contributed by atoms with Crippen LogP contribution in [-0.2, 0) is 12.8 Å². The van der Waals surface area contributed by atoms with E-state index in [1.165, 1.54) is 21.9 Å². The molecule has 3 rings (SSSR count). The molecule has 0 aliphatic carbocycles. The number of fused-ring (bicyclic) bond motifs is 1. The Balaban J connectivity index is 1.67. The van der Waals surface area contributed by atoms with Gasteiger partial charge in [-0.25, -0.2) is 0 Å². The molecule has 0 aliphatic heterocycles. The number of hydrogen-bond acceptors (Lipinski definition) is 3. The van der Waals surface area contributed by atoms with Gasteiger partial charge in [0.05, 0.1) is 0 Å². The molecular formula is C18H20N2S. The number of nitrogens with one attached hydrogen (secondary N) is 1. The zero-order chi connectivity index (χ0) is 14.5. The first-order valence-corrected chi connectivity index (χ1v) is 8.24. The second kappa shape index (κ2) is 6.85. The van der Waals surface area contributed by atoms with Crippen LogP contribution in [0.1, 0.15) is 17.5 Å². The third-order valence-electron chi connectivity index (χ3n) is 3.89. The van der Waals surface area contributed by atoms with E-state index in [9.17, 15) is 0 Å². The lowest BCUT2D eigenvalue weighted by atomic mass is 9.98. The lowest BCUT2D eigenvalue weighted by Gasteiger charge is -2.16. The zero-order valence-corrected chi connectivity index (χ0v) is 12.8. The molecule has 108 valence electrons. The Labute approximate surface area is 129 Å². The average Bonchev–Trinajstić information content (AvgIpc) is 3.04. The highest BCUT2D eigenvalue weighted by Crippen LogP contribution is 2.18. The Morgan fingerprint density at radius 3 is 2.62 bits per heavy atom. The van der Waals surface area contributed by atoms with E-state index in [1.807, 2.05) is 0 Å². The van der Waals surface area contributed by atoms with Crippen LogP contribution in [0.2, 0.25) is 0 Å². The van der Waals surface area contributed by atoms with E-state index < -0.39 is 0 Å². The fraction of sp³-hybridized carbons (Fsp3) is 0.222. The molecule has 1 unspecified atom stereocenters. The molecule has 0 fully saturated rings. The van der Waals surface area contributed by atoms with E-state index in [0.717, 1.165) is 19.3 Å². The summed E-state index contributed by atoms with van der Waals surface area (Å²) in [4.78, 5) is 0. The number of benzene rings is 2. The summed E-state index contributed by atoms with van der Waals surface area (Å²) < 4.78 is 0. The minimum absolute atomic E-state index is 0.311. The smallest absolute Gasteiger partial charge is 0.0254 e. The minimum Gasteiger partial charge on any atom is -0.271 e. The van der Waals surface area contributed by atoms with Crippen molar-refractivity contribution in [2.24, 2.45) is 5.84 Å². The van der Waals surface area contributed by atoms with Crippen LogP contribution in [0.5, 0.6) is 0 Å². The maximum absolute atomic E-state index is 5.73. The molecule has 3 aromatic rings. The first-order valence-electron chi connectivity index (χ1n) is 7.30. The third-order valence-corrected chi connectivity index (χ3v) is 4.63. The van der Waals surface area contributed by atoms with Crippen LogP contribution >= 0.6 is 11.3 Å². The maximum Gasteiger partial charge on any atom is 0.0254 e. The van der Waals surface area contributed by atoms with Gasteiger partial charge in [0, 0.05) is 6.04 Å². The lowest BCUT2D eigenvalue weighted by molar-refractivity contribution is 0.492. The van der Waals surface area contributed by atoms with E-state index in [4.69, 9.17) is 5.84 Å². The number of aryl methyl sites for hydroxylation is 1. The highest BCUT2D eigenvalue weighted by Gasteiger charge is 2.09. The first kappa shape index (κ1) is 14.3. The molecule has 0 bridgehead atoms. The molecule has 0 saturated heterocycles. The average molecular weight is 296 g/mol. The van der Waals surface area contributed by atoms with E-state index in [0.29, 0.717) is 6.04 Å². The lowest BCUT2D eigenvalue weighted by Crippen LogP contribution is -2.37. The minimum atomic E-state index is 0.311. The van der Waals surface area contributed by atoms with Gasteiger partial charge in [-0.1, -0.05) is 42.5 Å². The molecule has 0 radical (unpaired) electrons. The predicted molar refractivity (Wildman–Crippen MR) is 91.4 cm³/mol. The van der Waals surface area contributed by atoms with Gasteiger partial charge in [-0.15, -0.1) is 0 Å². The van der Waals surface area contributed by atoms with E-state index in [2.05, 4.69) is 64.7 Å². The van der Waals surface area contributed by atoms with Crippen molar-refractivity contribution in [2.45, 2.75) is 25.3 Å². The molecule has 1 heterocycles. The van der Waals surface area contributed by atoms with Crippen molar-refractivity contribution in [1.29, 1.82) is 0 Å². The van der Waals surface area contributed by atoms with Gasteiger partial charge in [-0.2, -0.15) is 11.3 Å². The van der Waals surface area contributed by atoms with Gasteiger partial charge < -0.3 is 0 Å². The van der Waals surface area contributed by atoms with Crippen LogP contribution in [-0.4, -0.2) is 6.04 Å². The fourth-order valence-electron chi connectivity index (χ4n) is 2.67. The van der Waals surface area contributed by atoms with Crippen LogP contribution in [0, 0.1) is 0 Å². The molecule has 0 amide bonds. The van der Waals surface area contributed by atoms with Crippen molar-refractivity contribution in [3.63, 3.8) is 0 Å². The molecule has 1 aromatic heterocycles. The molecule has 3 heteroatoms. The Morgan fingerprint density at radius 2 is 1.86 bits per heavy atom. The third kappa shape index (κ3) is 3.70. The van der Waals surface area contributed by atoms with Crippen LogP contribution in [0.3, 0.4) is 0 Å². The van der Waals surface area contributed by atoms with Crippen molar-refractivity contribution in [1.82, 2.24) is 5.43 Å². The molecular weight excluding hydrogens is 276 g/mol. The summed E-state index contributed by atoms with van der Waals surface area (Å²) in [7, 11) is 0. The molecule has 0 saturated carbocycles. The molecule has 2 nitrogen and oxygen atoms in total. The van der Waals surface area contributed by atoms with Gasteiger partial charge in [0.25, 0.3) is 0 Å². The normalized spacial score (nSPS) is 12.6. The van der Waals surface area contributed by atoms with Gasteiger partial charge in [0.1, 0.15) is 0 Å². The van der Waals surface area contributed by atoms with Crippen LogP contribution < -0.4 is 11.3 Å². The zero-order valence-electron chi connectivity index (χ0n) is 12.0. The summed E-state index contributed by atoms with van der Waals surface area (Å²) in [6.07, 6.45) is 3.09. The number of nitrogens with two attached hydrogens (primary N) is 1. The quantitative estimate of drug-likeness (QED) is 0.534. The monoisotopic (exact) mass is 296 g/mol. The van der Waals surface area contributed by atoms with Gasteiger partial charge >= 0.3 is 0 Å². The van der Waals surface area contributed by atoms with Crippen molar-refractivity contribution in [3.8, 4) is 0 Å². The van der Waals surface area contributed by atoms with Crippen molar-refractivity contribution in [3.05, 3.63) is 70.4 Å². The van der Waals surface area contributed by atoms with E-state index >= 15 is 0 Å². The standard InChI is InChI=1S/C18H20N2S/c19-20-18(8-6-14-9-10-21-13-14)12-15-5-7-16-3-1-2-4-17(16)11-15/h1-5,7,9-11,13,18,20H,6,8,12,19H2. The summed E-state index contributed by atoms with van der Waals surface area (Å²) in [5.74, 6) is 5.73. The summed E-state index contributed by atoms with van der Waals surface area (Å²) in [6, 6.07) is 17.6. The van der Waals surface area contributed by atoms with Gasteiger partial charge in [0.15, 0.2) is 0 Å². The Bertz CT molecular complexity index is 691. The molecule has 3 N–H and O–H groups in total. The first-order chi connectivity index (χ1) is 10.3. The second-order valence-electron chi connectivity index (χ2n) is 5.42. The number of thiophene rings is 1. The number of hydrazine groups is 1. The van der Waals surface area contributed by atoms with E-state index in [-0.39, 0.29) is 0 Å². The summed E-state index contributed by atoms with van der Waals surface area (Å²) in [6.45, 7) is 0. The van der Waals surface area contributed by atoms with Crippen molar-refractivity contribution in [2.75, 3.05) is 0 Å². The SMILES string of the molecule is NNC(CCc1ccsc1)Cc1ccc2ccccc2c1. The fourth-order valence-corrected chi connectivity index (χ4v) is 3.37. The van der Waals surface area contributed by atoms with Gasteiger partial charge in [0.2, 0.25) is 0 Å². The number of rotatable bonds is 6. The highest BCUT2D eigenvalue weighted by atomic mass is 32.1. The number of hydrogen-bond donors (Lipinski definition) is 2. The van der Waals surface area contributed by atoms with Crippen LogP contribution in [0.25, 0.3) is 10.8 Å². The van der Waals surface area contributed by atoms with Crippen molar-refractivity contribution >= 4 is 22.1 Å². The summed E-state index contributed by atoms with van der Waals surface area (Å²) in [5.41, 5.74) is 5.70. The topological polar surface area (TPSA) is 38.0 Å². The predicted octanol–water partition coefficient (Wildman–Crippen LogP) is 3.91. The van der Waals surface area contributed by atoms with Gasteiger partial charge in [-0.05, 0) is 58.0 Å². The van der Waals surface area contributed by atoms with Gasteiger partial charge in [-0.3, -0.25) is 11.3 Å². The Kier molecular flexibility index (Phi) is 4.65. The maximum atomic E-state index is 5.73. The second-order valence-corrected chi connectivity index (χ2v) is 6.20. The molecule has 21 heavy (non-hydrogen) atoms. The Hall–Kier alpha value is -1.68. The summed E-state index contributed by atoms with van der Waals surface area (Å²) in [5, 5.41) is 6.92. The van der Waals surface area contributed by atoms with Crippen LogP contribution in [0.15, 0.2) is 59.3 Å². The molecule has 1 atom stereocenters.